The average molecular weight is 369 g/mol. The van der Waals surface area contributed by atoms with Gasteiger partial charge in [-0.3, -0.25) is 14.4 Å². The van der Waals surface area contributed by atoms with Gasteiger partial charge < -0.3 is 9.64 Å². The molecule has 1 aliphatic rings. The fraction of sp³-hybridized carbons (Fsp3) is 0.400. The van der Waals surface area contributed by atoms with Crippen LogP contribution in [0.5, 0.6) is 0 Å². The number of benzene rings is 1. The summed E-state index contributed by atoms with van der Waals surface area (Å²) in [6.45, 7) is 1.07. The fourth-order valence-electron chi connectivity index (χ4n) is 3.26. The average Bonchev–Trinajstić information content (AvgIpc) is 2.70. The van der Waals surface area contributed by atoms with Crippen LogP contribution in [0, 0.1) is 5.92 Å². The fourth-order valence-corrected chi connectivity index (χ4v) is 3.26. The Kier molecular flexibility index (Phi) is 6.01. The Labute approximate surface area is 157 Å². The maximum Gasteiger partial charge on any atom is 0.305 e. The van der Waals surface area contributed by atoms with Gasteiger partial charge in [-0.2, -0.15) is 5.10 Å². The van der Waals surface area contributed by atoms with E-state index in [0.717, 1.165) is 18.4 Å². The molecule has 7 nitrogen and oxygen atoms in total. The molecule has 0 atom stereocenters. The van der Waals surface area contributed by atoms with Crippen molar-refractivity contribution in [1.82, 2.24) is 14.7 Å². The normalized spacial score (nSPS) is 14.8. The molecule has 1 saturated heterocycles. The molecule has 2 aromatic rings. The van der Waals surface area contributed by atoms with E-state index in [9.17, 15) is 14.4 Å². The Bertz CT molecular complexity index is 855. The number of rotatable bonds is 5. The van der Waals surface area contributed by atoms with E-state index in [1.54, 1.807) is 11.0 Å². The number of amides is 1. The summed E-state index contributed by atoms with van der Waals surface area (Å²) in [5, 5.41) is 4.34. The lowest BCUT2D eigenvalue weighted by Crippen LogP contribution is -2.42. The summed E-state index contributed by atoms with van der Waals surface area (Å²) < 4.78 is 5.91. The van der Waals surface area contributed by atoms with E-state index in [4.69, 9.17) is 4.74 Å². The quantitative estimate of drug-likeness (QED) is 0.750. The van der Waals surface area contributed by atoms with Crippen LogP contribution >= 0.6 is 0 Å². The lowest BCUT2D eigenvalue weighted by molar-refractivity contribution is -0.142. The molecule has 0 saturated carbocycles. The van der Waals surface area contributed by atoms with Gasteiger partial charge in [0.15, 0.2) is 0 Å². The molecule has 0 aliphatic carbocycles. The zero-order valence-electron chi connectivity index (χ0n) is 15.3. The highest BCUT2D eigenvalue weighted by atomic mass is 16.5. The maximum absolute atomic E-state index is 12.6. The minimum Gasteiger partial charge on any atom is -0.469 e. The third kappa shape index (κ3) is 4.81. The van der Waals surface area contributed by atoms with Crippen LogP contribution in [-0.2, 0) is 20.9 Å². The summed E-state index contributed by atoms with van der Waals surface area (Å²) in [4.78, 5) is 37.8. The summed E-state index contributed by atoms with van der Waals surface area (Å²) in [6.07, 6.45) is 1.90. The highest BCUT2D eigenvalue weighted by Gasteiger charge is 2.25. The Morgan fingerprint density at radius 3 is 2.48 bits per heavy atom. The van der Waals surface area contributed by atoms with E-state index >= 15 is 0 Å². The van der Waals surface area contributed by atoms with Crippen LogP contribution in [0.3, 0.4) is 0 Å². The molecule has 1 amide bonds. The number of methoxy groups -OCH3 is 1. The second kappa shape index (κ2) is 8.62. The Morgan fingerprint density at radius 1 is 1.11 bits per heavy atom. The van der Waals surface area contributed by atoms with Gasteiger partial charge in [0, 0.05) is 31.1 Å². The third-order valence-corrected chi connectivity index (χ3v) is 4.87. The smallest absolute Gasteiger partial charge is 0.305 e. The van der Waals surface area contributed by atoms with Gasteiger partial charge in [-0.1, -0.05) is 30.3 Å². The molecule has 0 unspecified atom stereocenters. The molecule has 0 bridgehead atoms. The molecule has 0 radical (unpaired) electrons. The summed E-state index contributed by atoms with van der Waals surface area (Å²) in [7, 11) is 1.38. The molecular formula is C20H23N3O4. The van der Waals surface area contributed by atoms with Gasteiger partial charge in [0.25, 0.3) is 5.56 Å². The first-order valence-corrected chi connectivity index (χ1v) is 9.05. The number of hydrogen-bond acceptors (Lipinski definition) is 5. The van der Waals surface area contributed by atoms with E-state index < -0.39 is 0 Å². The van der Waals surface area contributed by atoms with E-state index in [1.807, 2.05) is 30.3 Å². The molecule has 0 spiro atoms. The van der Waals surface area contributed by atoms with Crippen LogP contribution in [0.25, 0.3) is 11.3 Å². The molecule has 2 heterocycles. The third-order valence-electron chi connectivity index (χ3n) is 4.87. The lowest BCUT2D eigenvalue weighted by Gasteiger charge is -2.31. The van der Waals surface area contributed by atoms with Crippen molar-refractivity contribution in [2.75, 3.05) is 20.2 Å². The highest BCUT2D eigenvalue weighted by molar-refractivity contribution is 5.76. The van der Waals surface area contributed by atoms with Gasteiger partial charge in [-0.25, -0.2) is 4.68 Å². The Hall–Kier alpha value is -2.96. The molecule has 1 aliphatic heterocycles. The Morgan fingerprint density at radius 2 is 1.81 bits per heavy atom. The van der Waals surface area contributed by atoms with Crippen molar-refractivity contribution in [1.29, 1.82) is 0 Å². The zero-order chi connectivity index (χ0) is 19.2. The van der Waals surface area contributed by atoms with Crippen LogP contribution in [0.2, 0.25) is 0 Å². The molecule has 27 heavy (non-hydrogen) atoms. The van der Waals surface area contributed by atoms with Crippen LogP contribution in [0.1, 0.15) is 19.3 Å². The number of carbonyl (C=O) groups excluding carboxylic acids is 2. The van der Waals surface area contributed by atoms with Gasteiger partial charge in [0.2, 0.25) is 5.91 Å². The molecule has 1 fully saturated rings. The molecule has 142 valence electrons. The minimum atomic E-state index is -0.302. The molecule has 7 heteroatoms. The van der Waals surface area contributed by atoms with Gasteiger partial charge >= 0.3 is 5.97 Å². The van der Waals surface area contributed by atoms with E-state index in [-0.39, 0.29) is 29.9 Å². The number of carbonyl (C=O) groups is 2. The van der Waals surface area contributed by atoms with Crippen LogP contribution in [0.15, 0.2) is 47.3 Å². The van der Waals surface area contributed by atoms with Crippen LogP contribution < -0.4 is 5.56 Å². The molecular weight excluding hydrogens is 346 g/mol. The summed E-state index contributed by atoms with van der Waals surface area (Å²) in [5.74, 6) is -0.108. The van der Waals surface area contributed by atoms with E-state index in [2.05, 4.69) is 5.10 Å². The zero-order valence-corrected chi connectivity index (χ0v) is 15.3. The van der Waals surface area contributed by atoms with Crippen molar-refractivity contribution in [2.45, 2.75) is 25.8 Å². The van der Waals surface area contributed by atoms with Gasteiger partial charge in [0.05, 0.1) is 12.8 Å². The van der Waals surface area contributed by atoms with Crippen molar-refractivity contribution in [3.63, 3.8) is 0 Å². The van der Waals surface area contributed by atoms with Gasteiger partial charge in [-0.05, 0) is 24.8 Å². The highest BCUT2D eigenvalue weighted by Crippen LogP contribution is 2.21. The van der Waals surface area contributed by atoms with Crippen molar-refractivity contribution < 1.29 is 14.3 Å². The summed E-state index contributed by atoms with van der Waals surface area (Å²) in [5.41, 5.74) is 1.24. The van der Waals surface area contributed by atoms with Crippen LogP contribution in [0.4, 0.5) is 0 Å². The van der Waals surface area contributed by atoms with Crippen LogP contribution in [-0.4, -0.2) is 46.8 Å². The predicted molar refractivity (Wildman–Crippen MR) is 99.9 cm³/mol. The standard InChI is InChI=1S/C20H23N3O4/c1-27-20(26)13-15-9-11-22(12-10-15)19(25)14-23-18(24)8-7-17(21-23)16-5-3-2-4-6-16/h2-8,15H,9-14H2,1H3. The predicted octanol–water partition coefficient (Wildman–Crippen LogP) is 1.71. The van der Waals surface area contributed by atoms with Gasteiger partial charge in [-0.15, -0.1) is 0 Å². The van der Waals surface area contributed by atoms with Gasteiger partial charge in [0.1, 0.15) is 6.54 Å². The van der Waals surface area contributed by atoms with E-state index in [1.165, 1.54) is 17.9 Å². The second-order valence-electron chi connectivity index (χ2n) is 6.68. The maximum atomic E-state index is 12.6. The first-order chi connectivity index (χ1) is 13.1. The lowest BCUT2D eigenvalue weighted by atomic mass is 9.93. The number of nitrogens with zero attached hydrogens (tertiary/aromatic N) is 3. The van der Waals surface area contributed by atoms with Crippen molar-refractivity contribution in [2.24, 2.45) is 5.92 Å². The van der Waals surface area contributed by atoms with Crippen molar-refractivity contribution >= 4 is 11.9 Å². The summed E-state index contributed by atoms with van der Waals surface area (Å²) >= 11 is 0. The number of ether oxygens (including phenoxy) is 1. The second-order valence-corrected chi connectivity index (χ2v) is 6.68. The number of esters is 1. The minimum absolute atomic E-state index is 0.0822. The monoisotopic (exact) mass is 369 g/mol. The number of aromatic nitrogens is 2. The summed E-state index contributed by atoms with van der Waals surface area (Å²) in [6, 6.07) is 12.6. The number of hydrogen-bond donors (Lipinski definition) is 0. The SMILES string of the molecule is COC(=O)CC1CCN(C(=O)Cn2nc(-c3ccccc3)ccc2=O)CC1. The topological polar surface area (TPSA) is 81.5 Å². The molecule has 3 rings (SSSR count). The van der Waals surface area contributed by atoms with E-state index in [0.29, 0.717) is 25.2 Å². The molecule has 1 aromatic heterocycles. The number of likely N-dealkylation sites (tertiary alicyclic amines) is 1. The first-order valence-electron chi connectivity index (χ1n) is 9.05. The molecule has 0 N–H and O–H groups in total. The van der Waals surface area contributed by atoms with Crippen molar-refractivity contribution in [3.8, 4) is 11.3 Å². The number of piperidine rings is 1. The largest absolute Gasteiger partial charge is 0.469 e. The van der Waals surface area contributed by atoms with Crippen molar-refractivity contribution in [3.05, 3.63) is 52.8 Å². The Balaban J connectivity index is 1.63. The first kappa shape index (κ1) is 18.8. The molecule has 1 aromatic carbocycles.